The molecule has 1 N–H and O–H groups in total. The van der Waals surface area contributed by atoms with Crippen molar-refractivity contribution in [2.45, 2.75) is 70.2 Å². The third-order valence-electron chi connectivity index (χ3n) is 8.37. The molecule has 0 bridgehead atoms. The largest absolute Gasteiger partial charge is 0.378 e. The Labute approximate surface area is 205 Å². The Morgan fingerprint density at radius 2 is 2.03 bits per heavy atom. The second-order valence-electron chi connectivity index (χ2n) is 10.1. The number of nitrogens with zero attached hydrogens (tertiary/aromatic N) is 1. The summed E-state index contributed by atoms with van der Waals surface area (Å²) in [5.41, 5.74) is 0.0368. The minimum Gasteiger partial charge on any atom is -0.378 e. The van der Waals surface area contributed by atoms with Gasteiger partial charge in [0.05, 0.1) is 5.48 Å². The fraction of sp³-hybridized carbons (Fsp3) is 0.552. The maximum atomic E-state index is 12.6. The minimum absolute atomic E-state index is 0.127. The van der Waals surface area contributed by atoms with Crippen molar-refractivity contribution < 1.29 is 22.2 Å². The van der Waals surface area contributed by atoms with Gasteiger partial charge in [0.1, 0.15) is 5.60 Å². The van der Waals surface area contributed by atoms with Crippen molar-refractivity contribution in [3.63, 3.8) is 0 Å². The fourth-order valence-corrected chi connectivity index (χ4v) is 6.73. The first-order valence-corrected chi connectivity index (χ1v) is 11.4. The highest BCUT2D eigenvalue weighted by Gasteiger charge is 2.62. The average Bonchev–Trinajstić information content (AvgIpc) is 3.12. The van der Waals surface area contributed by atoms with E-state index in [4.69, 9.17) is 12.3 Å². The zero-order valence-electron chi connectivity index (χ0n) is 27.9. The van der Waals surface area contributed by atoms with Crippen molar-refractivity contribution >= 4 is 11.5 Å². The molecule has 4 aliphatic rings. The lowest BCUT2D eigenvalue weighted by atomic mass is 9.51. The van der Waals surface area contributed by atoms with Gasteiger partial charge in [-0.1, -0.05) is 30.5 Å². The highest BCUT2D eigenvalue weighted by atomic mass is 16.3. The van der Waals surface area contributed by atoms with Gasteiger partial charge in [-0.25, -0.2) is 0 Å². The van der Waals surface area contributed by atoms with E-state index in [1.807, 2.05) is 6.92 Å². The summed E-state index contributed by atoms with van der Waals surface area (Å²) in [6.45, 7) is -0.673. The molecule has 5 atom stereocenters. The number of anilines is 1. The lowest BCUT2D eigenvalue weighted by Crippen LogP contribution is -2.51. The fourth-order valence-electron chi connectivity index (χ4n) is 6.73. The van der Waals surface area contributed by atoms with Gasteiger partial charge in [0.2, 0.25) is 0 Å². The molecule has 4 aliphatic carbocycles. The van der Waals surface area contributed by atoms with Crippen LogP contribution in [0.5, 0.6) is 0 Å². The Morgan fingerprint density at radius 3 is 2.75 bits per heavy atom. The number of hydrogen-bond donors (Lipinski definition) is 1. The lowest BCUT2D eigenvalue weighted by Gasteiger charge is -2.53. The van der Waals surface area contributed by atoms with Crippen LogP contribution in [0.1, 0.15) is 82.5 Å². The summed E-state index contributed by atoms with van der Waals surface area (Å²) >= 11 is 0. The number of allylic oxidation sites excluding steroid dienone is 4. The summed E-state index contributed by atoms with van der Waals surface area (Å²) in [7, 11) is 3.30. The highest BCUT2D eigenvalue weighted by molar-refractivity contribution is 5.93. The van der Waals surface area contributed by atoms with Crippen LogP contribution in [0.3, 0.4) is 0 Å². The molecule has 2 fully saturated rings. The first-order valence-electron chi connectivity index (χ1n) is 15.9. The quantitative estimate of drug-likeness (QED) is 0.628. The van der Waals surface area contributed by atoms with Crippen LogP contribution in [-0.4, -0.2) is 30.6 Å². The van der Waals surface area contributed by atoms with E-state index in [2.05, 4.69) is 11.8 Å². The number of carbonyl (C=O) groups is 1. The van der Waals surface area contributed by atoms with Crippen molar-refractivity contribution in [3.05, 3.63) is 52.5 Å². The Morgan fingerprint density at radius 1 is 1.25 bits per heavy atom. The second kappa shape index (κ2) is 7.63. The smallest absolute Gasteiger partial charge is 0.156 e. The summed E-state index contributed by atoms with van der Waals surface area (Å²) in [4.78, 5) is 14.1. The predicted octanol–water partition coefficient (Wildman–Crippen LogP) is 5.41. The average molecular weight is 439 g/mol. The van der Waals surface area contributed by atoms with Gasteiger partial charge in [-0.15, -0.1) is 5.92 Å². The standard InChI is InChI=1S/C29H35NO2/c1-5-15-29(32)16-14-26-24-12-8-20-17-22(31)11-13-23(20)27(24)25(18-28(26,29)2)19-6-9-21(10-7-19)30(3)4/h6-7,9-10,17,24-26,32H,8,11-14,16,18H2,1-4H3/t24-,25+,26-,28-,29-/m0/s1/i1D3,6D,7D,9D,10D,11D2. The zero-order chi connectivity index (χ0) is 30.4. The molecule has 0 spiro atoms. The predicted molar refractivity (Wildman–Crippen MR) is 129 cm³/mol. The molecular formula is C29H35NO2. The topological polar surface area (TPSA) is 40.5 Å². The number of benzene rings is 1. The molecule has 1 aromatic rings. The van der Waals surface area contributed by atoms with Crippen LogP contribution < -0.4 is 4.90 Å². The van der Waals surface area contributed by atoms with Crippen LogP contribution in [0.4, 0.5) is 5.69 Å². The van der Waals surface area contributed by atoms with E-state index < -0.39 is 35.9 Å². The maximum Gasteiger partial charge on any atom is 0.156 e. The summed E-state index contributed by atoms with van der Waals surface area (Å²) in [6.07, 6.45) is 1.28. The van der Waals surface area contributed by atoms with Crippen LogP contribution in [0, 0.1) is 29.1 Å². The Balaban J connectivity index is 1.80. The molecule has 0 heterocycles. The van der Waals surface area contributed by atoms with E-state index >= 15 is 0 Å². The summed E-state index contributed by atoms with van der Waals surface area (Å²) < 4.78 is 75.1. The molecule has 0 aromatic heterocycles. The Hall–Kier alpha value is -2.31. The van der Waals surface area contributed by atoms with Gasteiger partial charge in [0, 0.05) is 44.3 Å². The Bertz CT molecular complexity index is 1440. The molecule has 0 amide bonds. The molecule has 0 aliphatic heterocycles. The normalized spacial score (nSPS) is 41.9. The van der Waals surface area contributed by atoms with Crippen molar-refractivity contribution in [2.75, 3.05) is 19.0 Å². The van der Waals surface area contributed by atoms with E-state index in [1.165, 1.54) is 11.0 Å². The number of hydrogen-bond acceptors (Lipinski definition) is 3. The highest BCUT2D eigenvalue weighted by Crippen LogP contribution is 2.66. The number of fused-ring (bicyclic) bond motifs is 4. The van der Waals surface area contributed by atoms with Gasteiger partial charge in [-0.3, -0.25) is 4.79 Å². The van der Waals surface area contributed by atoms with Gasteiger partial charge < -0.3 is 10.0 Å². The second-order valence-corrected chi connectivity index (χ2v) is 10.1. The number of carbonyl (C=O) groups excluding carboxylic acids is 1. The molecular weight excluding hydrogens is 394 g/mol. The molecule has 2 saturated carbocycles. The molecule has 0 radical (unpaired) electrons. The van der Waals surface area contributed by atoms with Crippen molar-refractivity contribution in [3.8, 4) is 11.8 Å². The van der Waals surface area contributed by atoms with Crippen molar-refractivity contribution in [1.29, 1.82) is 0 Å². The maximum absolute atomic E-state index is 12.6. The van der Waals surface area contributed by atoms with E-state index in [9.17, 15) is 9.90 Å². The van der Waals surface area contributed by atoms with Gasteiger partial charge in [0.15, 0.2) is 5.78 Å². The van der Waals surface area contributed by atoms with Gasteiger partial charge in [-0.2, -0.15) is 0 Å². The molecule has 0 saturated heterocycles. The molecule has 3 heteroatoms. The van der Waals surface area contributed by atoms with Crippen LogP contribution in [0.15, 0.2) is 47.0 Å². The molecule has 0 unspecified atom stereocenters. The minimum atomic E-state index is -2.55. The number of aliphatic hydroxyl groups is 1. The van der Waals surface area contributed by atoms with Gasteiger partial charge >= 0.3 is 0 Å². The van der Waals surface area contributed by atoms with Crippen molar-refractivity contribution in [2.24, 2.45) is 17.3 Å². The molecule has 32 heavy (non-hydrogen) atoms. The van der Waals surface area contributed by atoms with Crippen LogP contribution in [-0.2, 0) is 4.79 Å². The number of rotatable bonds is 2. The monoisotopic (exact) mass is 438 g/mol. The SMILES string of the molecule is [2H]c1c([2H])c(N(C)C)c([2H])c([2H])c1[C@H]1C[C@@]2(C)[C@@H](CC[C@@]2(O)C#CC([2H])([2H])[2H])[C@@H]2CCC3=CC(=O)C([2H])([2H])CC3=C21. The van der Waals surface area contributed by atoms with Crippen LogP contribution in [0.25, 0.3) is 0 Å². The third-order valence-corrected chi connectivity index (χ3v) is 8.37. The first-order chi connectivity index (χ1) is 18.8. The molecule has 168 valence electrons. The van der Waals surface area contributed by atoms with E-state index in [1.54, 1.807) is 14.1 Å². The first kappa shape index (κ1) is 13.4. The molecule has 1 aromatic carbocycles. The lowest BCUT2D eigenvalue weighted by molar-refractivity contribution is -0.114. The zero-order valence-corrected chi connectivity index (χ0v) is 18.9. The van der Waals surface area contributed by atoms with Gasteiger partial charge in [-0.05, 0) is 92.1 Å². The Kier molecular flexibility index (Phi) is 3.20. The number of ketones is 1. The molecule has 5 rings (SSSR count). The van der Waals surface area contributed by atoms with Crippen molar-refractivity contribution in [1.82, 2.24) is 0 Å². The van der Waals surface area contributed by atoms with Crippen LogP contribution in [0.2, 0.25) is 0 Å². The third kappa shape index (κ3) is 3.11. The van der Waals surface area contributed by atoms with E-state index in [0.29, 0.717) is 24.8 Å². The van der Waals surface area contributed by atoms with E-state index in [-0.39, 0.29) is 66.5 Å². The molecule has 3 nitrogen and oxygen atoms in total. The van der Waals surface area contributed by atoms with E-state index in [0.717, 1.165) is 11.1 Å². The van der Waals surface area contributed by atoms with Gasteiger partial charge in [0.25, 0.3) is 0 Å². The summed E-state index contributed by atoms with van der Waals surface area (Å²) in [5, 5.41) is 11.9. The van der Waals surface area contributed by atoms with Crippen LogP contribution >= 0.6 is 0 Å². The summed E-state index contributed by atoms with van der Waals surface area (Å²) in [5.74, 6) is 3.35. The summed E-state index contributed by atoms with van der Waals surface area (Å²) in [6, 6.07) is -0.778.